The van der Waals surface area contributed by atoms with Gasteiger partial charge >= 0.3 is 6.18 Å². The van der Waals surface area contributed by atoms with E-state index in [0.29, 0.717) is 18.5 Å². The van der Waals surface area contributed by atoms with E-state index in [0.717, 1.165) is 23.3 Å². The zero-order valence-corrected chi connectivity index (χ0v) is 17.3. The first-order chi connectivity index (χ1) is 15.3. The minimum Gasteiger partial charge on any atom is -0.490 e. The summed E-state index contributed by atoms with van der Waals surface area (Å²) in [5, 5.41) is 8.98. The number of carbonyl (C=O) groups excluding carboxylic acids is 1. The lowest BCUT2D eigenvalue weighted by Gasteiger charge is -2.16. The number of fused-ring (bicyclic) bond motifs is 1. The van der Waals surface area contributed by atoms with Crippen LogP contribution in [0.2, 0.25) is 0 Å². The molecule has 0 aliphatic carbocycles. The number of aryl methyl sites for hydroxylation is 1. The fraction of sp³-hybridized carbons (Fsp3) is 0.273. The van der Waals surface area contributed by atoms with Crippen molar-refractivity contribution in [3.8, 4) is 28.6 Å². The quantitative estimate of drug-likeness (QED) is 0.367. The van der Waals surface area contributed by atoms with Crippen LogP contribution in [0, 0.1) is 0 Å². The zero-order chi connectivity index (χ0) is 22.9. The minimum absolute atomic E-state index is 0.0491. The van der Waals surface area contributed by atoms with Crippen molar-refractivity contribution in [1.29, 1.82) is 0 Å². The van der Waals surface area contributed by atoms with Crippen molar-refractivity contribution < 1.29 is 27.2 Å². The van der Waals surface area contributed by atoms with Crippen LogP contribution in [0.5, 0.6) is 5.75 Å². The highest BCUT2D eigenvalue weighted by Gasteiger charge is 2.35. The molecule has 2 heterocycles. The SMILES string of the molecule is CC(C)Oc1ccc(-c2nc(-c3cccc4c3cnn4CCC=O)no2)cc1C(F)(F)F. The van der Waals surface area contributed by atoms with Gasteiger partial charge in [-0.25, -0.2) is 0 Å². The third-order valence-corrected chi connectivity index (χ3v) is 4.71. The molecule has 4 aromatic rings. The van der Waals surface area contributed by atoms with Crippen molar-refractivity contribution in [2.24, 2.45) is 0 Å². The second kappa shape index (κ2) is 8.45. The summed E-state index contributed by atoms with van der Waals surface area (Å²) in [7, 11) is 0. The van der Waals surface area contributed by atoms with Crippen molar-refractivity contribution in [2.75, 3.05) is 0 Å². The standard InChI is InChI=1S/C22H19F3N4O3/c1-13(2)31-19-8-7-14(11-17(19)22(23,24)25)21-27-20(28-32-21)15-5-3-6-18-16(15)12-26-29(18)9-4-10-30/h3,5-8,10-13H,4,9H2,1-2H3. The summed E-state index contributed by atoms with van der Waals surface area (Å²) in [6.45, 7) is 3.74. The third kappa shape index (κ3) is 4.20. The maximum atomic E-state index is 13.6. The Labute approximate surface area is 180 Å². The number of benzene rings is 2. The molecule has 0 unspecified atom stereocenters. The molecular weight excluding hydrogens is 425 g/mol. The summed E-state index contributed by atoms with van der Waals surface area (Å²) in [6, 6.07) is 9.03. The fourth-order valence-electron chi connectivity index (χ4n) is 3.34. The van der Waals surface area contributed by atoms with Crippen LogP contribution < -0.4 is 4.74 Å². The van der Waals surface area contributed by atoms with E-state index in [4.69, 9.17) is 9.26 Å². The van der Waals surface area contributed by atoms with Gasteiger partial charge in [0.05, 0.1) is 23.4 Å². The number of carbonyl (C=O) groups is 1. The largest absolute Gasteiger partial charge is 0.490 e. The molecule has 2 aromatic heterocycles. The molecule has 0 fully saturated rings. The lowest BCUT2D eigenvalue weighted by Crippen LogP contribution is -2.13. The molecule has 4 rings (SSSR count). The summed E-state index contributed by atoms with van der Waals surface area (Å²) in [4.78, 5) is 15.0. The Morgan fingerprint density at radius 2 is 2.03 bits per heavy atom. The van der Waals surface area contributed by atoms with Gasteiger partial charge in [0.1, 0.15) is 12.0 Å². The molecule has 0 saturated heterocycles. The zero-order valence-electron chi connectivity index (χ0n) is 17.3. The topological polar surface area (TPSA) is 83.0 Å². The minimum atomic E-state index is -4.61. The lowest BCUT2D eigenvalue weighted by atomic mass is 10.1. The van der Waals surface area contributed by atoms with E-state index in [1.807, 2.05) is 6.07 Å². The number of aldehydes is 1. The van der Waals surface area contributed by atoms with Gasteiger partial charge in [-0.3, -0.25) is 4.68 Å². The highest BCUT2D eigenvalue weighted by molar-refractivity contribution is 5.93. The highest BCUT2D eigenvalue weighted by atomic mass is 19.4. The summed E-state index contributed by atoms with van der Waals surface area (Å²) in [5.41, 5.74) is 0.610. The molecule has 0 aliphatic heterocycles. The molecule has 32 heavy (non-hydrogen) atoms. The Balaban J connectivity index is 1.72. The van der Waals surface area contributed by atoms with Crippen LogP contribution in [0.15, 0.2) is 47.1 Å². The summed E-state index contributed by atoms with van der Waals surface area (Å²) in [5.74, 6) is -0.0907. The van der Waals surface area contributed by atoms with E-state index in [-0.39, 0.29) is 23.0 Å². The molecule has 0 atom stereocenters. The Kier molecular flexibility index (Phi) is 5.68. The molecule has 0 spiro atoms. The molecule has 7 nitrogen and oxygen atoms in total. The number of nitrogens with zero attached hydrogens (tertiary/aromatic N) is 4. The van der Waals surface area contributed by atoms with Crippen molar-refractivity contribution in [2.45, 2.75) is 39.1 Å². The predicted octanol–water partition coefficient (Wildman–Crippen LogP) is 5.15. The number of aromatic nitrogens is 4. The van der Waals surface area contributed by atoms with E-state index in [9.17, 15) is 18.0 Å². The maximum Gasteiger partial charge on any atom is 0.419 e. The van der Waals surface area contributed by atoms with Crippen LogP contribution in [0.4, 0.5) is 13.2 Å². The third-order valence-electron chi connectivity index (χ3n) is 4.71. The summed E-state index contributed by atoms with van der Waals surface area (Å²) in [6.07, 6.45) is -2.25. The average molecular weight is 444 g/mol. The number of hydrogen-bond acceptors (Lipinski definition) is 6. The van der Waals surface area contributed by atoms with E-state index < -0.39 is 17.8 Å². The highest BCUT2D eigenvalue weighted by Crippen LogP contribution is 2.39. The van der Waals surface area contributed by atoms with E-state index in [2.05, 4.69) is 15.2 Å². The van der Waals surface area contributed by atoms with Crippen LogP contribution >= 0.6 is 0 Å². The van der Waals surface area contributed by atoms with E-state index in [1.54, 1.807) is 36.9 Å². The molecule has 0 N–H and O–H groups in total. The molecule has 2 aromatic carbocycles. The van der Waals surface area contributed by atoms with Crippen LogP contribution in [0.25, 0.3) is 33.7 Å². The maximum absolute atomic E-state index is 13.6. The normalized spacial score (nSPS) is 11.9. The summed E-state index contributed by atoms with van der Waals surface area (Å²) < 4.78 is 52.9. The first kappa shape index (κ1) is 21.5. The molecule has 0 saturated carbocycles. The fourth-order valence-corrected chi connectivity index (χ4v) is 3.34. The Bertz CT molecular complexity index is 1260. The number of halogens is 3. The Hall–Kier alpha value is -3.69. The van der Waals surface area contributed by atoms with Crippen LogP contribution in [-0.4, -0.2) is 32.3 Å². The second-order valence-corrected chi connectivity index (χ2v) is 7.36. The van der Waals surface area contributed by atoms with Crippen LogP contribution in [-0.2, 0) is 17.5 Å². The van der Waals surface area contributed by atoms with Crippen LogP contribution in [0.1, 0.15) is 25.8 Å². The van der Waals surface area contributed by atoms with Crippen LogP contribution in [0.3, 0.4) is 0 Å². The van der Waals surface area contributed by atoms with Gasteiger partial charge in [-0.15, -0.1) is 0 Å². The van der Waals surface area contributed by atoms with Gasteiger partial charge in [-0.1, -0.05) is 17.3 Å². The average Bonchev–Trinajstić information content (AvgIpc) is 3.39. The van der Waals surface area contributed by atoms with Gasteiger partial charge < -0.3 is 14.1 Å². The van der Waals surface area contributed by atoms with Crippen molar-refractivity contribution in [3.63, 3.8) is 0 Å². The first-order valence-corrected chi connectivity index (χ1v) is 9.88. The van der Waals surface area contributed by atoms with Crippen molar-refractivity contribution in [1.82, 2.24) is 19.9 Å². The number of alkyl halides is 3. The number of ether oxygens (including phenoxy) is 1. The van der Waals surface area contributed by atoms with Gasteiger partial charge in [0.2, 0.25) is 5.82 Å². The smallest absolute Gasteiger partial charge is 0.419 e. The van der Waals surface area contributed by atoms with Gasteiger partial charge in [0, 0.05) is 29.5 Å². The lowest BCUT2D eigenvalue weighted by molar-refractivity contribution is -0.139. The molecule has 0 aliphatic rings. The van der Waals surface area contributed by atoms with Gasteiger partial charge in [0.15, 0.2) is 0 Å². The van der Waals surface area contributed by atoms with Crippen molar-refractivity contribution in [3.05, 3.63) is 48.2 Å². The molecule has 0 amide bonds. The van der Waals surface area contributed by atoms with Gasteiger partial charge in [0.25, 0.3) is 5.89 Å². The molecular formula is C22H19F3N4O3. The summed E-state index contributed by atoms with van der Waals surface area (Å²) >= 11 is 0. The number of rotatable bonds is 7. The van der Waals surface area contributed by atoms with E-state index >= 15 is 0 Å². The first-order valence-electron chi connectivity index (χ1n) is 9.88. The molecule has 0 radical (unpaired) electrons. The second-order valence-electron chi connectivity index (χ2n) is 7.36. The van der Waals surface area contributed by atoms with Gasteiger partial charge in [-0.2, -0.15) is 23.3 Å². The van der Waals surface area contributed by atoms with Crippen molar-refractivity contribution >= 4 is 17.2 Å². The Morgan fingerprint density at radius 1 is 1.22 bits per heavy atom. The van der Waals surface area contributed by atoms with E-state index in [1.165, 1.54) is 12.1 Å². The Morgan fingerprint density at radius 3 is 2.75 bits per heavy atom. The van der Waals surface area contributed by atoms with Gasteiger partial charge in [-0.05, 0) is 38.1 Å². The monoisotopic (exact) mass is 444 g/mol. The number of hydrogen-bond donors (Lipinski definition) is 0. The molecule has 166 valence electrons. The molecule has 0 bridgehead atoms. The predicted molar refractivity (Wildman–Crippen MR) is 110 cm³/mol. The molecule has 10 heteroatoms.